The van der Waals surface area contributed by atoms with Gasteiger partial charge in [-0.15, -0.1) is 0 Å². The van der Waals surface area contributed by atoms with E-state index in [0.29, 0.717) is 23.0 Å². The van der Waals surface area contributed by atoms with Crippen LogP contribution in [-0.4, -0.2) is 22.8 Å². The quantitative estimate of drug-likeness (QED) is 0.881. The van der Waals surface area contributed by atoms with E-state index in [9.17, 15) is 4.79 Å². The maximum absolute atomic E-state index is 11.8. The third-order valence-electron chi connectivity index (χ3n) is 2.94. The van der Waals surface area contributed by atoms with E-state index < -0.39 is 5.91 Å². The summed E-state index contributed by atoms with van der Waals surface area (Å²) in [4.78, 5) is 16.4. The van der Waals surface area contributed by atoms with Crippen LogP contribution in [-0.2, 0) is 11.4 Å². The summed E-state index contributed by atoms with van der Waals surface area (Å²) in [6.07, 6.45) is 0. The molecule has 1 N–H and O–H groups in total. The lowest BCUT2D eigenvalue weighted by Gasteiger charge is -2.05. The lowest BCUT2D eigenvalue weighted by molar-refractivity contribution is 0.0537. The van der Waals surface area contributed by atoms with Gasteiger partial charge in [-0.2, -0.15) is 5.10 Å². The molecule has 0 fully saturated rings. The average molecular weight is 294 g/mol. The number of hydrogen-bond acceptors (Lipinski definition) is 3. The zero-order valence-electron chi connectivity index (χ0n) is 11.6. The molecule has 6 heteroatoms. The summed E-state index contributed by atoms with van der Waals surface area (Å²) >= 11 is 6.23. The fourth-order valence-electron chi connectivity index (χ4n) is 1.93. The molecule has 0 saturated heterocycles. The standard InChI is InChI=1S/C14H16ClN3O2/c1-9-4-6-11(7-5-9)8-18-13(15)12(10(2)16-18)14(19)17-20-3/h4-7H,8H2,1-3H3,(H,17,19). The van der Waals surface area contributed by atoms with Gasteiger partial charge in [0.25, 0.3) is 5.91 Å². The van der Waals surface area contributed by atoms with E-state index in [2.05, 4.69) is 15.4 Å². The predicted octanol–water partition coefficient (Wildman–Crippen LogP) is 2.49. The summed E-state index contributed by atoms with van der Waals surface area (Å²) in [5, 5.41) is 4.60. The number of benzene rings is 1. The Labute approximate surface area is 122 Å². The number of carbonyl (C=O) groups excluding carboxylic acids is 1. The Bertz CT molecular complexity index is 620. The number of halogens is 1. The molecule has 0 unspecified atom stereocenters. The molecule has 0 aliphatic carbocycles. The molecular formula is C14H16ClN3O2. The van der Waals surface area contributed by atoms with Gasteiger partial charge < -0.3 is 0 Å². The van der Waals surface area contributed by atoms with Gasteiger partial charge in [0.2, 0.25) is 0 Å². The molecule has 1 heterocycles. The van der Waals surface area contributed by atoms with Gasteiger partial charge in [0.05, 0.1) is 19.3 Å². The first-order chi connectivity index (χ1) is 9.52. The average Bonchev–Trinajstić information content (AvgIpc) is 2.67. The van der Waals surface area contributed by atoms with Gasteiger partial charge in [0.15, 0.2) is 0 Å². The fraction of sp³-hybridized carbons (Fsp3) is 0.286. The number of nitrogens with one attached hydrogen (secondary N) is 1. The van der Waals surface area contributed by atoms with Crippen molar-refractivity contribution in [2.75, 3.05) is 7.11 Å². The second-order valence-corrected chi connectivity index (χ2v) is 4.89. The molecule has 1 aromatic heterocycles. The number of aryl methyl sites for hydroxylation is 2. The number of rotatable bonds is 4. The minimum atomic E-state index is -0.398. The maximum Gasteiger partial charge on any atom is 0.279 e. The molecule has 106 valence electrons. The van der Waals surface area contributed by atoms with Crippen LogP contribution in [0.15, 0.2) is 24.3 Å². The lowest BCUT2D eigenvalue weighted by atomic mass is 10.1. The number of nitrogens with zero attached hydrogens (tertiary/aromatic N) is 2. The largest absolute Gasteiger partial charge is 0.279 e. The monoisotopic (exact) mass is 293 g/mol. The van der Waals surface area contributed by atoms with Gasteiger partial charge in [-0.1, -0.05) is 41.4 Å². The van der Waals surface area contributed by atoms with E-state index in [1.807, 2.05) is 31.2 Å². The number of hydroxylamine groups is 1. The molecule has 20 heavy (non-hydrogen) atoms. The second-order valence-electron chi connectivity index (χ2n) is 4.53. The van der Waals surface area contributed by atoms with Gasteiger partial charge in [0.1, 0.15) is 10.7 Å². The van der Waals surface area contributed by atoms with Crippen LogP contribution in [0.25, 0.3) is 0 Å². The molecular weight excluding hydrogens is 278 g/mol. The second kappa shape index (κ2) is 6.07. The predicted molar refractivity (Wildman–Crippen MR) is 76.7 cm³/mol. The van der Waals surface area contributed by atoms with Crippen LogP contribution >= 0.6 is 11.6 Å². The van der Waals surface area contributed by atoms with Crippen molar-refractivity contribution in [1.29, 1.82) is 0 Å². The van der Waals surface area contributed by atoms with Crippen molar-refractivity contribution in [2.45, 2.75) is 20.4 Å². The summed E-state index contributed by atoms with van der Waals surface area (Å²) in [6, 6.07) is 8.07. The molecule has 0 bridgehead atoms. The molecule has 2 rings (SSSR count). The first-order valence-corrected chi connectivity index (χ1v) is 6.52. The minimum Gasteiger partial charge on any atom is -0.277 e. The Hall–Kier alpha value is -1.85. The highest BCUT2D eigenvalue weighted by Crippen LogP contribution is 2.21. The van der Waals surface area contributed by atoms with Crippen molar-refractivity contribution in [1.82, 2.24) is 15.3 Å². The zero-order chi connectivity index (χ0) is 14.7. The van der Waals surface area contributed by atoms with Gasteiger partial charge in [-0.05, 0) is 19.4 Å². The van der Waals surface area contributed by atoms with Crippen molar-refractivity contribution in [3.05, 3.63) is 51.8 Å². The van der Waals surface area contributed by atoms with Crippen LogP contribution < -0.4 is 5.48 Å². The molecule has 0 radical (unpaired) electrons. The van der Waals surface area contributed by atoms with Crippen LogP contribution in [0.4, 0.5) is 0 Å². The smallest absolute Gasteiger partial charge is 0.277 e. The lowest BCUT2D eigenvalue weighted by Crippen LogP contribution is -2.22. The van der Waals surface area contributed by atoms with Crippen molar-refractivity contribution in [3.8, 4) is 0 Å². The Morgan fingerprint density at radius 2 is 2.00 bits per heavy atom. The van der Waals surface area contributed by atoms with Crippen molar-refractivity contribution in [3.63, 3.8) is 0 Å². The molecule has 1 amide bonds. The van der Waals surface area contributed by atoms with Crippen molar-refractivity contribution >= 4 is 17.5 Å². The molecule has 0 aliphatic rings. The summed E-state index contributed by atoms with van der Waals surface area (Å²) in [6.45, 7) is 4.28. The van der Waals surface area contributed by atoms with Gasteiger partial charge >= 0.3 is 0 Å². The van der Waals surface area contributed by atoms with Crippen LogP contribution in [0.2, 0.25) is 5.15 Å². The van der Waals surface area contributed by atoms with E-state index in [1.165, 1.54) is 12.7 Å². The first kappa shape index (κ1) is 14.6. The van der Waals surface area contributed by atoms with Crippen LogP contribution in [0.3, 0.4) is 0 Å². The molecule has 0 saturated carbocycles. The molecule has 5 nitrogen and oxygen atoms in total. The molecule has 1 aromatic carbocycles. The fourth-order valence-corrected chi connectivity index (χ4v) is 2.25. The Kier molecular flexibility index (Phi) is 4.42. The van der Waals surface area contributed by atoms with Crippen LogP contribution in [0, 0.1) is 13.8 Å². The summed E-state index contributed by atoms with van der Waals surface area (Å²) < 4.78 is 1.60. The zero-order valence-corrected chi connectivity index (χ0v) is 12.4. The van der Waals surface area contributed by atoms with E-state index in [1.54, 1.807) is 11.6 Å². The number of aromatic nitrogens is 2. The topological polar surface area (TPSA) is 56.1 Å². The van der Waals surface area contributed by atoms with Gasteiger partial charge in [-0.3, -0.25) is 9.63 Å². The van der Waals surface area contributed by atoms with E-state index >= 15 is 0 Å². The molecule has 2 aromatic rings. The Morgan fingerprint density at radius 1 is 1.35 bits per heavy atom. The van der Waals surface area contributed by atoms with Gasteiger partial charge in [0, 0.05) is 0 Å². The summed E-state index contributed by atoms with van der Waals surface area (Å²) in [5.41, 5.74) is 5.41. The molecule has 0 atom stereocenters. The van der Waals surface area contributed by atoms with E-state index in [4.69, 9.17) is 11.6 Å². The Morgan fingerprint density at radius 3 is 2.60 bits per heavy atom. The molecule has 0 spiro atoms. The van der Waals surface area contributed by atoms with E-state index in [0.717, 1.165) is 5.56 Å². The van der Waals surface area contributed by atoms with Gasteiger partial charge in [-0.25, -0.2) is 10.2 Å². The third kappa shape index (κ3) is 3.00. The highest BCUT2D eigenvalue weighted by molar-refractivity contribution is 6.33. The molecule has 0 aliphatic heterocycles. The van der Waals surface area contributed by atoms with Crippen LogP contribution in [0.5, 0.6) is 0 Å². The normalized spacial score (nSPS) is 10.6. The van der Waals surface area contributed by atoms with Crippen molar-refractivity contribution in [2.24, 2.45) is 0 Å². The van der Waals surface area contributed by atoms with Crippen molar-refractivity contribution < 1.29 is 9.63 Å². The highest BCUT2D eigenvalue weighted by Gasteiger charge is 2.20. The summed E-state index contributed by atoms with van der Waals surface area (Å²) in [5.74, 6) is -0.398. The third-order valence-corrected chi connectivity index (χ3v) is 3.32. The summed E-state index contributed by atoms with van der Waals surface area (Å²) in [7, 11) is 1.37. The SMILES string of the molecule is CONC(=O)c1c(C)nn(Cc2ccc(C)cc2)c1Cl. The number of hydrogen-bond donors (Lipinski definition) is 1. The van der Waals surface area contributed by atoms with Crippen LogP contribution in [0.1, 0.15) is 27.2 Å². The maximum atomic E-state index is 11.8. The minimum absolute atomic E-state index is 0.303. The number of carbonyl (C=O) groups is 1. The highest BCUT2D eigenvalue weighted by atomic mass is 35.5. The number of amides is 1. The Balaban J connectivity index is 2.27. The van der Waals surface area contributed by atoms with E-state index in [-0.39, 0.29) is 0 Å². The first-order valence-electron chi connectivity index (χ1n) is 6.14.